The van der Waals surface area contributed by atoms with Crippen molar-refractivity contribution in [2.45, 2.75) is 12.8 Å². The molecule has 1 fully saturated rings. The lowest BCUT2D eigenvalue weighted by Gasteiger charge is -2.33. The number of rotatable bonds is 2. The summed E-state index contributed by atoms with van der Waals surface area (Å²) in [7, 11) is 0. The summed E-state index contributed by atoms with van der Waals surface area (Å²) in [6.45, 7) is 1.90. The van der Waals surface area contributed by atoms with Crippen LogP contribution in [0.25, 0.3) is 0 Å². The number of aliphatic hydroxyl groups is 1. The summed E-state index contributed by atoms with van der Waals surface area (Å²) in [5, 5.41) is 14.2. The van der Waals surface area contributed by atoms with E-state index in [9.17, 15) is 5.11 Å². The van der Waals surface area contributed by atoms with Gasteiger partial charge in [-0.25, -0.2) is 0 Å². The van der Waals surface area contributed by atoms with Gasteiger partial charge in [-0.2, -0.15) is 0 Å². The Morgan fingerprint density at radius 3 is 2.95 bits per heavy atom. The van der Waals surface area contributed by atoms with Gasteiger partial charge >= 0.3 is 0 Å². The molecule has 104 valence electrons. The first kappa shape index (κ1) is 14.9. The lowest BCUT2D eigenvalue weighted by Crippen LogP contribution is -2.43. The largest absolute Gasteiger partial charge is 0.396 e. The molecular formula is C13H16Cl2N2OS. The number of thiocarbonyl (C=S) groups is 1. The minimum Gasteiger partial charge on any atom is -0.396 e. The molecule has 1 saturated heterocycles. The van der Waals surface area contributed by atoms with Crippen molar-refractivity contribution in [2.75, 3.05) is 25.0 Å². The van der Waals surface area contributed by atoms with Crippen molar-refractivity contribution < 1.29 is 5.11 Å². The van der Waals surface area contributed by atoms with Crippen LogP contribution in [0.4, 0.5) is 5.69 Å². The summed E-state index contributed by atoms with van der Waals surface area (Å²) < 4.78 is 0. The Balaban J connectivity index is 2.00. The Morgan fingerprint density at radius 1 is 1.47 bits per heavy atom. The topological polar surface area (TPSA) is 35.5 Å². The Bertz CT molecular complexity index is 470. The fourth-order valence-electron chi connectivity index (χ4n) is 2.18. The monoisotopic (exact) mass is 318 g/mol. The lowest BCUT2D eigenvalue weighted by molar-refractivity contribution is 0.162. The molecule has 3 nitrogen and oxygen atoms in total. The molecule has 0 amide bonds. The maximum absolute atomic E-state index is 9.23. The molecule has 0 radical (unpaired) electrons. The van der Waals surface area contributed by atoms with Gasteiger partial charge in [0.15, 0.2) is 5.11 Å². The number of halogens is 2. The third kappa shape index (κ3) is 3.96. The van der Waals surface area contributed by atoms with E-state index in [1.165, 1.54) is 0 Å². The molecule has 1 atom stereocenters. The van der Waals surface area contributed by atoms with E-state index in [0.717, 1.165) is 31.6 Å². The molecule has 1 unspecified atom stereocenters. The van der Waals surface area contributed by atoms with E-state index in [0.29, 0.717) is 21.1 Å². The van der Waals surface area contributed by atoms with Crippen LogP contribution in [-0.4, -0.2) is 34.8 Å². The highest BCUT2D eigenvalue weighted by molar-refractivity contribution is 7.80. The van der Waals surface area contributed by atoms with Crippen molar-refractivity contribution in [1.82, 2.24) is 4.90 Å². The number of benzene rings is 1. The second-order valence-corrected chi connectivity index (χ2v) is 5.92. The fourth-order valence-corrected chi connectivity index (χ4v) is 2.92. The van der Waals surface area contributed by atoms with Gasteiger partial charge in [-0.15, -0.1) is 0 Å². The number of anilines is 1. The molecule has 1 aromatic carbocycles. The summed E-state index contributed by atoms with van der Waals surface area (Å²) in [5.41, 5.74) is 0.752. The first-order valence-electron chi connectivity index (χ1n) is 6.22. The van der Waals surface area contributed by atoms with Gasteiger partial charge < -0.3 is 15.3 Å². The van der Waals surface area contributed by atoms with Crippen molar-refractivity contribution in [2.24, 2.45) is 5.92 Å². The molecule has 19 heavy (non-hydrogen) atoms. The number of hydrogen-bond acceptors (Lipinski definition) is 2. The summed E-state index contributed by atoms with van der Waals surface area (Å²) in [6, 6.07) is 5.26. The molecule has 1 aromatic rings. The number of hydrogen-bond donors (Lipinski definition) is 2. The van der Waals surface area contributed by atoms with Crippen molar-refractivity contribution in [3.8, 4) is 0 Å². The Hall–Kier alpha value is -0.550. The molecule has 6 heteroatoms. The second kappa shape index (κ2) is 6.75. The fraction of sp³-hybridized carbons (Fsp3) is 0.462. The zero-order valence-corrected chi connectivity index (χ0v) is 12.7. The SMILES string of the molecule is OCC1CCCN(C(=S)Nc2ccc(Cl)cc2Cl)C1. The second-order valence-electron chi connectivity index (χ2n) is 4.69. The molecule has 0 aromatic heterocycles. The molecular weight excluding hydrogens is 303 g/mol. The number of piperidine rings is 1. The Morgan fingerprint density at radius 2 is 2.26 bits per heavy atom. The zero-order chi connectivity index (χ0) is 13.8. The van der Waals surface area contributed by atoms with E-state index in [1.807, 2.05) is 6.07 Å². The predicted molar refractivity (Wildman–Crippen MR) is 84.1 cm³/mol. The minimum atomic E-state index is 0.209. The first-order chi connectivity index (χ1) is 9.10. The van der Waals surface area contributed by atoms with Crippen molar-refractivity contribution in [3.05, 3.63) is 28.2 Å². The minimum absolute atomic E-state index is 0.209. The van der Waals surface area contributed by atoms with Crippen LogP contribution in [0.2, 0.25) is 10.0 Å². The highest BCUT2D eigenvalue weighted by Crippen LogP contribution is 2.26. The van der Waals surface area contributed by atoms with Crippen LogP contribution >= 0.6 is 35.4 Å². The molecule has 0 saturated carbocycles. The standard InChI is InChI=1S/C13H16Cl2N2OS/c14-10-3-4-12(11(15)6-10)16-13(19)17-5-1-2-9(7-17)8-18/h3-4,6,9,18H,1-2,5,7-8H2,(H,16,19). The van der Waals surface area contributed by atoms with Crippen LogP contribution < -0.4 is 5.32 Å². The molecule has 0 spiro atoms. The summed E-state index contributed by atoms with van der Waals surface area (Å²) >= 11 is 17.4. The van der Waals surface area contributed by atoms with Gasteiger partial charge in [-0.3, -0.25) is 0 Å². The smallest absolute Gasteiger partial charge is 0.173 e. The van der Waals surface area contributed by atoms with E-state index in [4.69, 9.17) is 35.4 Å². The quantitative estimate of drug-likeness (QED) is 0.819. The Labute approximate surface area is 128 Å². The Kier molecular flexibility index (Phi) is 5.28. The molecule has 1 heterocycles. The van der Waals surface area contributed by atoms with Gasteiger partial charge in [0.05, 0.1) is 10.7 Å². The third-order valence-electron chi connectivity index (χ3n) is 3.24. The van der Waals surface area contributed by atoms with E-state index in [2.05, 4.69) is 10.2 Å². The first-order valence-corrected chi connectivity index (χ1v) is 7.38. The molecule has 0 aliphatic carbocycles. The average Bonchev–Trinajstić information content (AvgIpc) is 2.42. The average molecular weight is 319 g/mol. The summed E-state index contributed by atoms with van der Waals surface area (Å²) in [4.78, 5) is 2.07. The molecule has 2 rings (SSSR count). The van der Waals surface area contributed by atoms with E-state index in [1.54, 1.807) is 12.1 Å². The summed E-state index contributed by atoms with van der Waals surface area (Å²) in [5.74, 6) is 0.300. The van der Waals surface area contributed by atoms with Gasteiger partial charge in [-0.05, 0) is 49.2 Å². The molecule has 1 aliphatic rings. The number of aliphatic hydroxyl groups excluding tert-OH is 1. The van der Waals surface area contributed by atoms with E-state index >= 15 is 0 Å². The van der Waals surface area contributed by atoms with Gasteiger partial charge in [0, 0.05) is 24.7 Å². The van der Waals surface area contributed by atoms with Gasteiger partial charge in [-0.1, -0.05) is 23.2 Å². The van der Waals surface area contributed by atoms with E-state index in [-0.39, 0.29) is 6.61 Å². The van der Waals surface area contributed by atoms with Gasteiger partial charge in [0.1, 0.15) is 0 Å². The highest BCUT2D eigenvalue weighted by atomic mass is 35.5. The van der Waals surface area contributed by atoms with Crippen LogP contribution in [0.1, 0.15) is 12.8 Å². The van der Waals surface area contributed by atoms with Crippen molar-refractivity contribution in [3.63, 3.8) is 0 Å². The van der Waals surface area contributed by atoms with E-state index < -0.39 is 0 Å². The molecule has 2 N–H and O–H groups in total. The molecule has 1 aliphatic heterocycles. The lowest BCUT2D eigenvalue weighted by atomic mass is 9.99. The predicted octanol–water partition coefficient (Wildman–Crippen LogP) is 3.39. The van der Waals surface area contributed by atoms with Crippen LogP contribution in [0.3, 0.4) is 0 Å². The van der Waals surface area contributed by atoms with Crippen molar-refractivity contribution in [1.29, 1.82) is 0 Å². The number of nitrogens with zero attached hydrogens (tertiary/aromatic N) is 1. The number of nitrogens with one attached hydrogen (secondary N) is 1. The third-order valence-corrected chi connectivity index (χ3v) is 4.15. The highest BCUT2D eigenvalue weighted by Gasteiger charge is 2.21. The normalized spacial score (nSPS) is 19.3. The van der Waals surface area contributed by atoms with Crippen LogP contribution in [0.15, 0.2) is 18.2 Å². The van der Waals surface area contributed by atoms with Crippen molar-refractivity contribution >= 4 is 46.2 Å². The maximum Gasteiger partial charge on any atom is 0.173 e. The number of likely N-dealkylation sites (tertiary alicyclic amines) is 1. The van der Waals surface area contributed by atoms with Crippen LogP contribution in [0.5, 0.6) is 0 Å². The summed E-state index contributed by atoms with van der Waals surface area (Å²) in [6.07, 6.45) is 2.10. The van der Waals surface area contributed by atoms with Gasteiger partial charge in [0.25, 0.3) is 0 Å². The molecule has 0 bridgehead atoms. The van der Waals surface area contributed by atoms with Gasteiger partial charge in [0.2, 0.25) is 0 Å². The zero-order valence-electron chi connectivity index (χ0n) is 10.4. The van der Waals surface area contributed by atoms with Crippen LogP contribution in [0, 0.1) is 5.92 Å². The van der Waals surface area contributed by atoms with Crippen LogP contribution in [-0.2, 0) is 0 Å². The maximum atomic E-state index is 9.23.